The summed E-state index contributed by atoms with van der Waals surface area (Å²) >= 11 is 0. The maximum Gasteiger partial charge on any atom is 0.411 e. The highest BCUT2D eigenvalue weighted by molar-refractivity contribution is 5.70. The van der Waals surface area contributed by atoms with E-state index in [1.807, 2.05) is 25.7 Å². The lowest BCUT2D eigenvalue weighted by Gasteiger charge is -2.43. The molecule has 2 heterocycles. The van der Waals surface area contributed by atoms with Crippen LogP contribution in [0.4, 0.5) is 4.79 Å². The Morgan fingerprint density at radius 3 is 2.75 bits per heavy atom. The first-order valence-corrected chi connectivity index (χ1v) is 6.05. The van der Waals surface area contributed by atoms with Crippen molar-refractivity contribution in [2.75, 3.05) is 13.1 Å². The number of ether oxygens (including phenoxy) is 1. The fourth-order valence-electron chi connectivity index (χ4n) is 2.72. The van der Waals surface area contributed by atoms with Gasteiger partial charge in [-0.2, -0.15) is 0 Å². The summed E-state index contributed by atoms with van der Waals surface area (Å²) in [7, 11) is 0. The van der Waals surface area contributed by atoms with E-state index in [1.54, 1.807) is 0 Å². The Labute approximate surface area is 97.3 Å². The number of carbonyl (C=O) groups is 1. The van der Waals surface area contributed by atoms with Crippen molar-refractivity contribution in [3.05, 3.63) is 0 Å². The van der Waals surface area contributed by atoms with Gasteiger partial charge in [0.2, 0.25) is 0 Å². The summed E-state index contributed by atoms with van der Waals surface area (Å²) in [6.07, 6.45) is 2.01. The maximum atomic E-state index is 12.2. The smallest absolute Gasteiger partial charge is 0.411 e. The molecule has 0 aromatic rings. The van der Waals surface area contributed by atoms with Crippen molar-refractivity contribution in [2.24, 2.45) is 0 Å². The monoisotopic (exact) mass is 226 g/mol. The van der Waals surface area contributed by atoms with Crippen LogP contribution in [0.25, 0.3) is 0 Å². The average Bonchev–Trinajstić information content (AvgIpc) is 2.30. The second kappa shape index (κ2) is 3.62. The summed E-state index contributed by atoms with van der Waals surface area (Å²) in [5.74, 6) is 0. The van der Waals surface area contributed by atoms with Crippen LogP contribution in [0.5, 0.6) is 0 Å². The number of rotatable bonds is 0. The Hall–Kier alpha value is -0.770. The molecule has 2 aliphatic rings. The Kier molecular flexibility index (Phi) is 2.65. The van der Waals surface area contributed by atoms with Crippen molar-refractivity contribution in [2.45, 2.75) is 57.7 Å². The van der Waals surface area contributed by atoms with Crippen molar-refractivity contribution in [3.8, 4) is 0 Å². The third kappa shape index (κ3) is 2.03. The van der Waals surface area contributed by atoms with Crippen LogP contribution in [-0.2, 0) is 4.74 Å². The van der Waals surface area contributed by atoms with Crippen LogP contribution in [-0.4, -0.2) is 41.3 Å². The molecule has 1 amide bonds. The quantitative estimate of drug-likeness (QED) is 0.684. The van der Waals surface area contributed by atoms with Crippen molar-refractivity contribution in [3.63, 3.8) is 0 Å². The predicted octanol–water partition coefficient (Wildman–Crippen LogP) is 1.75. The first kappa shape index (κ1) is 11.7. The minimum absolute atomic E-state index is 0.0503. The highest BCUT2D eigenvalue weighted by atomic mass is 16.6. The van der Waals surface area contributed by atoms with E-state index in [0.717, 1.165) is 25.9 Å². The SMILES string of the molecule is CC(C)(C)OC(=O)N1[C@@H]2CC[C@]1(C)CNC2. The van der Waals surface area contributed by atoms with Gasteiger partial charge in [0.05, 0.1) is 5.54 Å². The van der Waals surface area contributed by atoms with Crippen LogP contribution in [0, 0.1) is 0 Å². The number of amides is 1. The zero-order chi connectivity index (χ0) is 12.0. The normalized spacial score (nSPS) is 34.0. The number of carbonyl (C=O) groups excluding carboxylic acids is 1. The Bertz CT molecular complexity index is 294. The molecule has 1 N–H and O–H groups in total. The lowest BCUT2D eigenvalue weighted by atomic mass is 9.99. The van der Waals surface area contributed by atoms with Crippen LogP contribution < -0.4 is 5.32 Å². The summed E-state index contributed by atoms with van der Waals surface area (Å²) in [4.78, 5) is 14.1. The van der Waals surface area contributed by atoms with Gasteiger partial charge in [-0.25, -0.2) is 4.79 Å². The minimum atomic E-state index is -0.405. The van der Waals surface area contributed by atoms with Crippen molar-refractivity contribution >= 4 is 6.09 Å². The van der Waals surface area contributed by atoms with E-state index in [9.17, 15) is 4.79 Å². The standard InChI is InChI=1S/C12H22N2O2/c1-11(2,3)16-10(15)14-9-5-6-12(14,4)8-13-7-9/h9,13H,5-8H2,1-4H3/t9-,12-/m1/s1. The molecule has 0 aromatic heterocycles. The van der Waals surface area contributed by atoms with E-state index in [2.05, 4.69) is 12.2 Å². The van der Waals surface area contributed by atoms with E-state index in [-0.39, 0.29) is 11.6 Å². The van der Waals surface area contributed by atoms with Crippen LogP contribution >= 0.6 is 0 Å². The highest BCUT2D eigenvalue weighted by Gasteiger charge is 2.49. The molecule has 16 heavy (non-hydrogen) atoms. The van der Waals surface area contributed by atoms with Gasteiger partial charge in [0.25, 0.3) is 0 Å². The molecule has 0 aromatic carbocycles. The van der Waals surface area contributed by atoms with Gasteiger partial charge >= 0.3 is 6.09 Å². The third-order valence-corrected chi connectivity index (χ3v) is 3.44. The zero-order valence-electron chi connectivity index (χ0n) is 10.7. The average molecular weight is 226 g/mol. The molecule has 2 saturated heterocycles. The van der Waals surface area contributed by atoms with E-state index in [4.69, 9.17) is 4.74 Å². The number of hydrogen-bond acceptors (Lipinski definition) is 3. The van der Waals surface area contributed by atoms with Crippen LogP contribution in [0.3, 0.4) is 0 Å². The Morgan fingerprint density at radius 2 is 2.19 bits per heavy atom. The number of hydrogen-bond donors (Lipinski definition) is 1. The van der Waals surface area contributed by atoms with Crippen LogP contribution in [0.1, 0.15) is 40.5 Å². The molecule has 2 fully saturated rings. The van der Waals surface area contributed by atoms with E-state index < -0.39 is 5.60 Å². The van der Waals surface area contributed by atoms with Gasteiger partial charge in [-0.3, -0.25) is 4.90 Å². The van der Waals surface area contributed by atoms with Crippen molar-refractivity contribution < 1.29 is 9.53 Å². The third-order valence-electron chi connectivity index (χ3n) is 3.44. The number of piperazine rings is 1. The molecule has 0 aliphatic carbocycles. The molecule has 4 nitrogen and oxygen atoms in total. The van der Waals surface area contributed by atoms with Gasteiger partial charge in [-0.05, 0) is 40.5 Å². The van der Waals surface area contributed by atoms with E-state index >= 15 is 0 Å². The first-order valence-electron chi connectivity index (χ1n) is 6.05. The fourth-order valence-corrected chi connectivity index (χ4v) is 2.72. The van der Waals surface area contributed by atoms with Gasteiger partial charge in [-0.1, -0.05) is 0 Å². The first-order chi connectivity index (χ1) is 7.32. The van der Waals surface area contributed by atoms with Gasteiger partial charge < -0.3 is 10.1 Å². The molecule has 4 heteroatoms. The van der Waals surface area contributed by atoms with Gasteiger partial charge in [0, 0.05) is 19.1 Å². The number of fused-ring (bicyclic) bond motifs is 2. The zero-order valence-corrected chi connectivity index (χ0v) is 10.7. The largest absolute Gasteiger partial charge is 0.444 e. The predicted molar refractivity (Wildman–Crippen MR) is 62.4 cm³/mol. The van der Waals surface area contributed by atoms with Gasteiger partial charge in [0.15, 0.2) is 0 Å². The van der Waals surface area contributed by atoms with E-state index in [1.165, 1.54) is 0 Å². The molecular formula is C12H22N2O2. The Balaban J connectivity index is 2.12. The molecule has 2 rings (SSSR count). The van der Waals surface area contributed by atoms with Crippen molar-refractivity contribution in [1.82, 2.24) is 10.2 Å². The molecule has 0 unspecified atom stereocenters. The molecule has 2 aliphatic heterocycles. The number of nitrogens with one attached hydrogen (secondary N) is 1. The molecule has 0 saturated carbocycles. The summed E-state index contributed by atoms with van der Waals surface area (Å²) in [5, 5.41) is 3.39. The molecular weight excluding hydrogens is 204 g/mol. The van der Waals surface area contributed by atoms with Gasteiger partial charge in [0.1, 0.15) is 5.60 Å². The second-order valence-corrected chi connectivity index (χ2v) is 6.17. The molecule has 2 atom stereocenters. The van der Waals surface area contributed by atoms with Crippen LogP contribution in [0.15, 0.2) is 0 Å². The highest BCUT2D eigenvalue weighted by Crippen LogP contribution is 2.36. The minimum Gasteiger partial charge on any atom is -0.444 e. The van der Waals surface area contributed by atoms with E-state index in [0.29, 0.717) is 6.04 Å². The maximum absolute atomic E-state index is 12.2. The molecule has 2 bridgehead atoms. The van der Waals surface area contributed by atoms with Gasteiger partial charge in [-0.15, -0.1) is 0 Å². The fraction of sp³-hybridized carbons (Fsp3) is 0.917. The molecule has 0 spiro atoms. The molecule has 0 radical (unpaired) electrons. The van der Waals surface area contributed by atoms with Crippen LogP contribution in [0.2, 0.25) is 0 Å². The topological polar surface area (TPSA) is 41.6 Å². The summed E-state index contributed by atoms with van der Waals surface area (Å²) < 4.78 is 5.48. The summed E-state index contributed by atoms with van der Waals surface area (Å²) in [6, 6.07) is 0.314. The summed E-state index contributed by atoms with van der Waals surface area (Å²) in [5.41, 5.74) is -0.455. The number of nitrogens with zero attached hydrogens (tertiary/aromatic N) is 1. The Morgan fingerprint density at radius 1 is 1.50 bits per heavy atom. The lowest BCUT2D eigenvalue weighted by Crippen LogP contribution is -2.61. The second-order valence-electron chi connectivity index (χ2n) is 6.17. The van der Waals surface area contributed by atoms with Crippen molar-refractivity contribution in [1.29, 1.82) is 0 Å². The lowest BCUT2D eigenvalue weighted by molar-refractivity contribution is -0.00607. The summed E-state index contributed by atoms with van der Waals surface area (Å²) in [6.45, 7) is 9.66. The molecule has 92 valence electrons.